The number of para-hydroxylation sites is 1. The number of amides is 1. The van der Waals surface area contributed by atoms with Crippen LogP contribution in [0.5, 0.6) is 0 Å². The van der Waals surface area contributed by atoms with Gasteiger partial charge >= 0.3 is 6.09 Å². The SMILES string of the molecule is O=C1Nc2ccccc2C2(CCN(CCCC(=O)c3ccc(F)cc3)C(Cl)C2)O1. The lowest BCUT2D eigenvalue weighted by Gasteiger charge is -2.46. The smallest absolute Gasteiger partial charge is 0.412 e. The van der Waals surface area contributed by atoms with E-state index in [-0.39, 0.29) is 17.1 Å². The molecule has 2 aliphatic heterocycles. The van der Waals surface area contributed by atoms with E-state index in [1.807, 2.05) is 24.3 Å². The molecule has 0 saturated carbocycles. The zero-order valence-corrected chi connectivity index (χ0v) is 16.6. The van der Waals surface area contributed by atoms with Gasteiger partial charge in [-0.25, -0.2) is 9.18 Å². The van der Waals surface area contributed by atoms with E-state index in [4.69, 9.17) is 16.3 Å². The van der Waals surface area contributed by atoms with Crippen molar-refractivity contribution < 1.29 is 18.7 Å². The molecule has 1 saturated heterocycles. The number of anilines is 1. The average molecular weight is 417 g/mol. The maximum Gasteiger partial charge on any atom is 0.412 e. The number of rotatable bonds is 5. The minimum Gasteiger partial charge on any atom is -0.438 e. The Bertz CT molecular complexity index is 921. The van der Waals surface area contributed by atoms with Crippen LogP contribution in [0.3, 0.4) is 0 Å². The Hall–Kier alpha value is -2.44. The molecule has 152 valence electrons. The van der Waals surface area contributed by atoms with Crippen LogP contribution in [0, 0.1) is 5.82 Å². The fourth-order valence-electron chi connectivity index (χ4n) is 4.14. The standard InChI is InChI=1S/C22H22ClFN2O3/c23-20-14-22(17-4-1-2-5-18(17)25-21(28)29-22)11-13-26(20)12-3-6-19(27)15-7-9-16(24)10-8-15/h1-2,4-5,7-10,20H,3,6,11-14H2,(H,25,28). The summed E-state index contributed by atoms with van der Waals surface area (Å²) in [5.74, 6) is -0.361. The van der Waals surface area contributed by atoms with Crippen LogP contribution in [-0.4, -0.2) is 35.4 Å². The van der Waals surface area contributed by atoms with E-state index in [0.29, 0.717) is 44.3 Å². The highest BCUT2D eigenvalue weighted by Gasteiger charge is 2.47. The summed E-state index contributed by atoms with van der Waals surface area (Å²) in [5, 5.41) is 2.74. The molecule has 0 bridgehead atoms. The van der Waals surface area contributed by atoms with Crippen molar-refractivity contribution in [2.45, 2.75) is 36.8 Å². The summed E-state index contributed by atoms with van der Waals surface area (Å²) in [6.07, 6.45) is 1.71. The Morgan fingerprint density at radius 2 is 2.00 bits per heavy atom. The van der Waals surface area contributed by atoms with Gasteiger partial charge in [-0.15, -0.1) is 11.6 Å². The van der Waals surface area contributed by atoms with Crippen molar-refractivity contribution in [3.63, 3.8) is 0 Å². The Balaban J connectivity index is 1.36. The summed E-state index contributed by atoms with van der Waals surface area (Å²) in [4.78, 5) is 26.4. The van der Waals surface area contributed by atoms with Gasteiger partial charge in [0, 0.05) is 36.9 Å². The number of carbonyl (C=O) groups excluding carboxylic acids is 2. The van der Waals surface area contributed by atoms with Gasteiger partial charge in [-0.2, -0.15) is 0 Å². The zero-order chi connectivity index (χ0) is 20.4. The molecule has 29 heavy (non-hydrogen) atoms. The number of alkyl halides is 1. The van der Waals surface area contributed by atoms with Crippen LogP contribution >= 0.6 is 11.6 Å². The first kappa shape index (κ1) is 19.9. The number of ketones is 1. The number of benzene rings is 2. The summed E-state index contributed by atoms with van der Waals surface area (Å²) in [6.45, 7) is 1.34. The Morgan fingerprint density at radius 1 is 1.24 bits per heavy atom. The third-order valence-corrected chi connectivity index (χ3v) is 6.09. The summed E-state index contributed by atoms with van der Waals surface area (Å²) in [5.41, 5.74) is 1.22. The molecule has 2 atom stereocenters. The van der Waals surface area contributed by atoms with Gasteiger partial charge in [-0.05, 0) is 43.3 Å². The second-order valence-corrected chi connectivity index (χ2v) is 8.02. The van der Waals surface area contributed by atoms with Gasteiger partial charge in [0.05, 0.1) is 11.2 Å². The summed E-state index contributed by atoms with van der Waals surface area (Å²) >= 11 is 6.66. The van der Waals surface area contributed by atoms with Crippen molar-refractivity contribution in [1.29, 1.82) is 0 Å². The van der Waals surface area contributed by atoms with E-state index in [0.717, 1.165) is 11.3 Å². The Labute approximate surface area is 173 Å². The van der Waals surface area contributed by atoms with Gasteiger partial charge in [0.2, 0.25) is 0 Å². The van der Waals surface area contributed by atoms with Gasteiger partial charge < -0.3 is 4.74 Å². The molecule has 2 heterocycles. The van der Waals surface area contributed by atoms with E-state index in [1.54, 1.807) is 0 Å². The molecular weight excluding hydrogens is 395 g/mol. The highest BCUT2D eigenvalue weighted by molar-refractivity contribution is 6.20. The van der Waals surface area contributed by atoms with Crippen LogP contribution in [0.1, 0.15) is 41.6 Å². The molecule has 1 fully saturated rings. The lowest BCUT2D eigenvalue weighted by Crippen LogP contribution is -2.51. The number of halogens is 2. The third-order valence-electron chi connectivity index (χ3n) is 5.66. The lowest BCUT2D eigenvalue weighted by molar-refractivity contribution is -0.0454. The molecule has 0 radical (unpaired) electrons. The molecule has 2 unspecified atom stereocenters. The fraction of sp³-hybridized carbons (Fsp3) is 0.364. The van der Waals surface area contributed by atoms with Gasteiger partial charge in [-0.1, -0.05) is 18.2 Å². The molecule has 2 aliphatic rings. The van der Waals surface area contributed by atoms with E-state index in [9.17, 15) is 14.0 Å². The first-order valence-electron chi connectivity index (χ1n) is 9.73. The first-order chi connectivity index (χ1) is 14.0. The quantitative estimate of drug-likeness (QED) is 0.427. The van der Waals surface area contributed by atoms with Crippen molar-refractivity contribution in [3.05, 3.63) is 65.5 Å². The second kappa shape index (κ2) is 8.13. The van der Waals surface area contributed by atoms with Crippen LogP contribution in [0.2, 0.25) is 0 Å². The number of hydrogen-bond acceptors (Lipinski definition) is 4. The summed E-state index contributed by atoms with van der Waals surface area (Å²) in [7, 11) is 0. The molecule has 1 N–H and O–H groups in total. The monoisotopic (exact) mass is 416 g/mol. The molecular formula is C22H22ClFN2O3. The molecule has 1 amide bonds. The molecule has 5 nitrogen and oxygen atoms in total. The number of hydrogen-bond donors (Lipinski definition) is 1. The van der Waals surface area contributed by atoms with Crippen molar-refractivity contribution in [2.24, 2.45) is 0 Å². The average Bonchev–Trinajstić information content (AvgIpc) is 2.70. The van der Waals surface area contributed by atoms with E-state index >= 15 is 0 Å². The van der Waals surface area contributed by atoms with Crippen LogP contribution in [-0.2, 0) is 10.3 Å². The van der Waals surface area contributed by atoms with Crippen molar-refractivity contribution in [1.82, 2.24) is 4.90 Å². The van der Waals surface area contributed by atoms with Gasteiger partial charge in [0.1, 0.15) is 11.4 Å². The predicted octanol–water partition coefficient (Wildman–Crippen LogP) is 4.91. The van der Waals surface area contributed by atoms with Gasteiger partial charge in [0.25, 0.3) is 0 Å². The predicted molar refractivity (Wildman–Crippen MR) is 109 cm³/mol. The summed E-state index contributed by atoms with van der Waals surface area (Å²) in [6, 6.07) is 13.3. The highest BCUT2D eigenvalue weighted by Crippen LogP contribution is 2.45. The van der Waals surface area contributed by atoms with E-state index in [1.165, 1.54) is 24.3 Å². The molecule has 2 aromatic carbocycles. The molecule has 1 spiro atoms. The Morgan fingerprint density at radius 3 is 2.76 bits per heavy atom. The minimum atomic E-state index is -0.716. The number of likely N-dealkylation sites (tertiary alicyclic amines) is 1. The number of piperidine rings is 1. The van der Waals surface area contributed by atoms with E-state index in [2.05, 4.69) is 10.2 Å². The topological polar surface area (TPSA) is 58.6 Å². The minimum absolute atomic E-state index is 0.00851. The molecule has 4 rings (SSSR count). The number of carbonyl (C=O) groups is 2. The number of ether oxygens (including phenoxy) is 1. The zero-order valence-electron chi connectivity index (χ0n) is 15.9. The lowest BCUT2D eigenvalue weighted by atomic mass is 9.82. The third kappa shape index (κ3) is 4.14. The second-order valence-electron chi connectivity index (χ2n) is 7.51. The normalized spacial score (nSPS) is 23.9. The maximum atomic E-state index is 13.0. The molecule has 0 aromatic heterocycles. The molecule has 0 aliphatic carbocycles. The van der Waals surface area contributed by atoms with E-state index < -0.39 is 11.7 Å². The number of nitrogens with one attached hydrogen (secondary N) is 1. The number of Topliss-reactive ketones (excluding diaryl/α,β-unsaturated/α-hetero) is 1. The molecule has 7 heteroatoms. The largest absolute Gasteiger partial charge is 0.438 e. The molecule has 2 aromatic rings. The van der Waals surface area contributed by atoms with Crippen LogP contribution in [0.25, 0.3) is 0 Å². The number of nitrogens with zero attached hydrogens (tertiary/aromatic N) is 1. The van der Waals surface area contributed by atoms with Crippen LogP contribution < -0.4 is 5.32 Å². The van der Waals surface area contributed by atoms with Crippen LogP contribution in [0.15, 0.2) is 48.5 Å². The van der Waals surface area contributed by atoms with Gasteiger partial charge in [0.15, 0.2) is 5.78 Å². The van der Waals surface area contributed by atoms with Crippen molar-refractivity contribution in [2.75, 3.05) is 18.4 Å². The van der Waals surface area contributed by atoms with Crippen LogP contribution in [0.4, 0.5) is 14.9 Å². The highest BCUT2D eigenvalue weighted by atomic mass is 35.5. The Kier molecular flexibility index (Phi) is 5.56. The fourth-order valence-corrected chi connectivity index (χ4v) is 4.58. The number of fused-ring (bicyclic) bond motifs is 2. The van der Waals surface area contributed by atoms with Gasteiger partial charge in [-0.3, -0.25) is 15.0 Å². The summed E-state index contributed by atoms with van der Waals surface area (Å²) < 4.78 is 18.7. The van der Waals surface area contributed by atoms with Crippen molar-refractivity contribution in [3.8, 4) is 0 Å². The van der Waals surface area contributed by atoms with Crippen molar-refractivity contribution >= 4 is 29.2 Å². The maximum absolute atomic E-state index is 13.0. The first-order valence-corrected chi connectivity index (χ1v) is 10.2.